The van der Waals surface area contributed by atoms with Crippen molar-refractivity contribution < 1.29 is 9.53 Å². The van der Waals surface area contributed by atoms with Gasteiger partial charge in [-0.1, -0.05) is 17.7 Å². The molecule has 3 rings (SSSR count). The number of hydrogen-bond acceptors (Lipinski definition) is 3. The van der Waals surface area contributed by atoms with Crippen LogP contribution in [0, 0.1) is 20.8 Å². The average Bonchev–Trinajstić information content (AvgIpc) is 2.45. The minimum Gasteiger partial charge on any atom is -0.473 e. The number of carbonyl (C=O) groups is 1. The predicted octanol–water partition coefficient (Wildman–Crippen LogP) is 3.78. The van der Waals surface area contributed by atoms with Crippen LogP contribution in [0.15, 0.2) is 30.3 Å². The molecule has 0 atom stereocenters. The lowest BCUT2D eigenvalue weighted by molar-refractivity contribution is 0.112. The van der Waals surface area contributed by atoms with Crippen molar-refractivity contribution in [2.45, 2.75) is 27.3 Å². The monoisotopic (exact) mass is 281 g/mol. The Bertz CT molecular complexity index is 683. The normalized spacial score (nSPS) is 13.6. The fourth-order valence-corrected chi connectivity index (χ4v) is 3.15. The van der Waals surface area contributed by atoms with Crippen LogP contribution in [0.5, 0.6) is 5.75 Å². The lowest BCUT2D eigenvalue weighted by atomic mass is 10.0. The van der Waals surface area contributed by atoms with E-state index < -0.39 is 0 Å². The third-order valence-electron chi connectivity index (χ3n) is 3.91. The molecule has 0 aliphatic carbocycles. The summed E-state index contributed by atoms with van der Waals surface area (Å²) in [6.45, 7) is 7.68. The van der Waals surface area contributed by atoms with Gasteiger partial charge in [-0.3, -0.25) is 4.79 Å². The molecule has 1 aliphatic heterocycles. The van der Waals surface area contributed by atoms with Gasteiger partial charge < -0.3 is 9.64 Å². The van der Waals surface area contributed by atoms with Crippen LogP contribution in [-0.2, 0) is 6.54 Å². The van der Waals surface area contributed by atoms with Gasteiger partial charge in [0.15, 0.2) is 6.73 Å². The van der Waals surface area contributed by atoms with Crippen LogP contribution in [0.25, 0.3) is 0 Å². The van der Waals surface area contributed by atoms with Gasteiger partial charge >= 0.3 is 0 Å². The average molecular weight is 281 g/mol. The number of fused-ring (bicyclic) bond motifs is 1. The van der Waals surface area contributed by atoms with Crippen molar-refractivity contribution in [3.05, 3.63) is 58.1 Å². The van der Waals surface area contributed by atoms with E-state index in [4.69, 9.17) is 4.74 Å². The molecule has 21 heavy (non-hydrogen) atoms. The van der Waals surface area contributed by atoms with Crippen molar-refractivity contribution in [3.8, 4) is 5.75 Å². The van der Waals surface area contributed by atoms with Crippen molar-refractivity contribution in [2.75, 3.05) is 11.6 Å². The van der Waals surface area contributed by atoms with Crippen LogP contribution < -0.4 is 9.64 Å². The first-order chi connectivity index (χ1) is 10.1. The second kappa shape index (κ2) is 5.24. The topological polar surface area (TPSA) is 29.5 Å². The van der Waals surface area contributed by atoms with Crippen LogP contribution in [0.3, 0.4) is 0 Å². The minimum atomic E-state index is 0.540. The first kappa shape index (κ1) is 13.7. The van der Waals surface area contributed by atoms with Crippen molar-refractivity contribution >= 4 is 12.0 Å². The zero-order chi connectivity index (χ0) is 15.0. The van der Waals surface area contributed by atoms with Gasteiger partial charge in [0.2, 0.25) is 0 Å². The Morgan fingerprint density at radius 3 is 2.48 bits per heavy atom. The summed E-state index contributed by atoms with van der Waals surface area (Å²) in [6.07, 6.45) is 0.877. The van der Waals surface area contributed by atoms with E-state index in [0.717, 1.165) is 24.1 Å². The van der Waals surface area contributed by atoms with Crippen molar-refractivity contribution in [1.82, 2.24) is 0 Å². The van der Waals surface area contributed by atoms with Crippen LogP contribution in [-0.4, -0.2) is 13.0 Å². The summed E-state index contributed by atoms with van der Waals surface area (Å²) in [5.74, 6) is 0.874. The molecule has 0 aromatic heterocycles. The molecular formula is C18H19NO2. The Balaban J connectivity index is 1.98. The summed E-state index contributed by atoms with van der Waals surface area (Å²) >= 11 is 0. The van der Waals surface area contributed by atoms with Gasteiger partial charge in [0, 0.05) is 23.4 Å². The molecule has 0 unspecified atom stereocenters. The van der Waals surface area contributed by atoms with Crippen molar-refractivity contribution in [3.63, 3.8) is 0 Å². The lowest BCUT2D eigenvalue weighted by Crippen LogP contribution is -2.33. The fourth-order valence-electron chi connectivity index (χ4n) is 3.15. The van der Waals surface area contributed by atoms with Gasteiger partial charge in [-0.05, 0) is 50.1 Å². The summed E-state index contributed by atoms with van der Waals surface area (Å²) in [5, 5.41) is 0. The number of rotatable bonds is 2. The van der Waals surface area contributed by atoms with Gasteiger partial charge in [0.05, 0.1) is 0 Å². The molecule has 0 bridgehead atoms. The molecule has 0 radical (unpaired) electrons. The van der Waals surface area contributed by atoms with Gasteiger partial charge in [0.25, 0.3) is 0 Å². The number of benzene rings is 2. The minimum absolute atomic E-state index is 0.540. The van der Waals surface area contributed by atoms with E-state index in [-0.39, 0.29) is 0 Å². The molecule has 0 saturated carbocycles. The molecule has 0 spiro atoms. The molecule has 108 valence electrons. The SMILES string of the molecule is Cc1cc(C)c(N2COc3ccc(C=O)cc3C2)c(C)c1. The van der Waals surface area contributed by atoms with E-state index >= 15 is 0 Å². The maximum atomic E-state index is 10.9. The Morgan fingerprint density at radius 1 is 1.10 bits per heavy atom. The van der Waals surface area contributed by atoms with Crippen LogP contribution in [0.1, 0.15) is 32.6 Å². The first-order valence-electron chi connectivity index (χ1n) is 7.12. The highest BCUT2D eigenvalue weighted by Crippen LogP contribution is 2.33. The number of aldehydes is 1. The Kier molecular flexibility index (Phi) is 3.42. The Morgan fingerprint density at radius 2 is 1.81 bits per heavy atom. The first-order valence-corrected chi connectivity index (χ1v) is 7.12. The number of ether oxygens (including phenoxy) is 1. The number of carbonyl (C=O) groups excluding carboxylic acids is 1. The zero-order valence-corrected chi connectivity index (χ0v) is 12.6. The van der Waals surface area contributed by atoms with Gasteiger partial charge in [-0.15, -0.1) is 0 Å². The summed E-state index contributed by atoms with van der Waals surface area (Å²) in [6, 6.07) is 9.97. The van der Waals surface area contributed by atoms with E-state index in [9.17, 15) is 4.79 Å². The van der Waals surface area contributed by atoms with E-state index in [1.54, 1.807) is 6.07 Å². The molecule has 0 amide bonds. The highest BCUT2D eigenvalue weighted by Gasteiger charge is 2.20. The third kappa shape index (κ3) is 2.51. The molecule has 0 fully saturated rings. The molecule has 1 aliphatic rings. The lowest BCUT2D eigenvalue weighted by Gasteiger charge is -2.33. The van der Waals surface area contributed by atoms with E-state index in [2.05, 4.69) is 37.8 Å². The maximum absolute atomic E-state index is 10.9. The van der Waals surface area contributed by atoms with E-state index in [1.807, 2.05) is 12.1 Å². The van der Waals surface area contributed by atoms with Crippen LogP contribution in [0.2, 0.25) is 0 Å². The van der Waals surface area contributed by atoms with E-state index in [1.165, 1.54) is 22.4 Å². The third-order valence-corrected chi connectivity index (χ3v) is 3.91. The quantitative estimate of drug-likeness (QED) is 0.785. The summed E-state index contributed by atoms with van der Waals surface area (Å²) in [7, 11) is 0. The van der Waals surface area contributed by atoms with Crippen LogP contribution in [0.4, 0.5) is 5.69 Å². The van der Waals surface area contributed by atoms with Crippen LogP contribution >= 0.6 is 0 Å². The largest absolute Gasteiger partial charge is 0.473 e. The molecule has 0 saturated heterocycles. The predicted molar refractivity (Wildman–Crippen MR) is 84.2 cm³/mol. The molecule has 3 nitrogen and oxygen atoms in total. The van der Waals surface area contributed by atoms with Gasteiger partial charge in [0.1, 0.15) is 12.0 Å². The highest BCUT2D eigenvalue weighted by atomic mass is 16.5. The summed E-state index contributed by atoms with van der Waals surface area (Å²) in [4.78, 5) is 13.2. The smallest absolute Gasteiger partial charge is 0.161 e. The molecule has 0 N–H and O–H groups in total. The number of nitrogens with zero attached hydrogens (tertiary/aromatic N) is 1. The summed E-state index contributed by atoms with van der Waals surface area (Å²) in [5.41, 5.74) is 6.76. The maximum Gasteiger partial charge on any atom is 0.161 e. The van der Waals surface area contributed by atoms with Gasteiger partial charge in [-0.25, -0.2) is 0 Å². The van der Waals surface area contributed by atoms with Crippen molar-refractivity contribution in [2.24, 2.45) is 0 Å². The fraction of sp³-hybridized carbons (Fsp3) is 0.278. The highest BCUT2D eigenvalue weighted by molar-refractivity contribution is 5.76. The Labute approximate surface area is 125 Å². The molecule has 3 heteroatoms. The second-order valence-corrected chi connectivity index (χ2v) is 5.70. The standard InChI is InChI=1S/C18H19NO2/c1-12-6-13(2)18(14(3)7-12)19-9-16-8-15(10-20)4-5-17(16)21-11-19/h4-8,10H,9,11H2,1-3H3. The number of anilines is 1. The number of hydrogen-bond donors (Lipinski definition) is 0. The second-order valence-electron chi connectivity index (χ2n) is 5.70. The molecular weight excluding hydrogens is 262 g/mol. The van der Waals surface area contributed by atoms with Crippen molar-refractivity contribution in [1.29, 1.82) is 0 Å². The summed E-state index contributed by atoms with van der Waals surface area (Å²) < 4.78 is 5.84. The van der Waals surface area contributed by atoms with E-state index in [0.29, 0.717) is 12.3 Å². The Hall–Kier alpha value is -2.29. The molecule has 1 heterocycles. The number of aryl methyl sites for hydroxylation is 3. The zero-order valence-electron chi connectivity index (χ0n) is 12.6. The molecule has 2 aromatic carbocycles. The molecule has 2 aromatic rings. The van der Waals surface area contributed by atoms with Gasteiger partial charge in [-0.2, -0.15) is 0 Å².